The number of carbonyl (C=O) groups excluding carboxylic acids is 1. The normalized spacial score (nSPS) is 10.7. The molecule has 3 aromatic rings. The highest BCUT2D eigenvalue weighted by molar-refractivity contribution is 7.13. The summed E-state index contributed by atoms with van der Waals surface area (Å²) in [6, 6.07) is 11.8. The van der Waals surface area contributed by atoms with Crippen molar-refractivity contribution in [3.8, 4) is 10.8 Å². The highest BCUT2D eigenvalue weighted by Crippen LogP contribution is 2.26. The van der Waals surface area contributed by atoms with Gasteiger partial charge in [0, 0.05) is 5.69 Å². The minimum Gasteiger partial charge on any atom is -0.440 e. The third-order valence-electron chi connectivity index (χ3n) is 3.60. The third-order valence-corrected chi connectivity index (χ3v) is 4.46. The summed E-state index contributed by atoms with van der Waals surface area (Å²) in [5.41, 5.74) is 2.72. The third kappa shape index (κ3) is 3.68. The number of thiophene rings is 1. The van der Waals surface area contributed by atoms with Gasteiger partial charge in [0.1, 0.15) is 5.76 Å². The Bertz CT molecular complexity index is 789. The van der Waals surface area contributed by atoms with E-state index in [9.17, 15) is 4.79 Å². The molecule has 5 heteroatoms. The molecule has 0 aliphatic heterocycles. The van der Waals surface area contributed by atoms with Gasteiger partial charge in [0.05, 0.1) is 17.0 Å². The lowest BCUT2D eigenvalue weighted by molar-refractivity contribution is -0.115. The molecular weight excluding hydrogens is 308 g/mol. The number of aromatic nitrogens is 1. The molecule has 0 aliphatic carbocycles. The lowest BCUT2D eigenvalue weighted by Crippen LogP contribution is -2.15. The van der Waals surface area contributed by atoms with Gasteiger partial charge in [0.2, 0.25) is 11.8 Å². The standard InChI is InChI=1S/C18H18N2O2S/c1-3-13-6-8-14(9-7-13)19-17(21)11-15-12(2)22-18(20-15)16-5-4-10-23-16/h4-10H,3,11H2,1-2H3,(H,19,21). The maximum absolute atomic E-state index is 12.2. The summed E-state index contributed by atoms with van der Waals surface area (Å²) in [5, 5.41) is 4.87. The summed E-state index contributed by atoms with van der Waals surface area (Å²) in [5.74, 6) is 1.17. The zero-order chi connectivity index (χ0) is 16.2. The summed E-state index contributed by atoms with van der Waals surface area (Å²) in [7, 11) is 0. The SMILES string of the molecule is CCc1ccc(NC(=O)Cc2nc(-c3cccs3)oc2C)cc1. The molecule has 0 spiro atoms. The Hall–Kier alpha value is -2.40. The van der Waals surface area contributed by atoms with E-state index in [4.69, 9.17) is 4.42 Å². The van der Waals surface area contributed by atoms with E-state index in [0.717, 1.165) is 17.0 Å². The summed E-state index contributed by atoms with van der Waals surface area (Å²) >= 11 is 1.57. The molecule has 2 heterocycles. The van der Waals surface area contributed by atoms with Crippen LogP contribution in [0, 0.1) is 6.92 Å². The van der Waals surface area contributed by atoms with Crippen LogP contribution < -0.4 is 5.32 Å². The van der Waals surface area contributed by atoms with Crippen molar-refractivity contribution in [2.24, 2.45) is 0 Å². The van der Waals surface area contributed by atoms with E-state index >= 15 is 0 Å². The maximum Gasteiger partial charge on any atom is 0.236 e. The van der Waals surface area contributed by atoms with Crippen LogP contribution in [0.5, 0.6) is 0 Å². The number of nitrogens with one attached hydrogen (secondary N) is 1. The van der Waals surface area contributed by atoms with Gasteiger partial charge in [-0.3, -0.25) is 4.79 Å². The van der Waals surface area contributed by atoms with Gasteiger partial charge in [-0.2, -0.15) is 0 Å². The van der Waals surface area contributed by atoms with Gasteiger partial charge < -0.3 is 9.73 Å². The second-order valence-corrected chi connectivity index (χ2v) is 6.22. The molecule has 2 aromatic heterocycles. The second kappa shape index (κ2) is 6.79. The van der Waals surface area contributed by atoms with E-state index in [1.165, 1.54) is 5.56 Å². The zero-order valence-corrected chi connectivity index (χ0v) is 13.9. The maximum atomic E-state index is 12.2. The first-order valence-electron chi connectivity index (χ1n) is 7.54. The van der Waals surface area contributed by atoms with E-state index < -0.39 is 0 Å². The smallest absolute Gasteiger partial charge is 0.236 e. The number of amides is 1. The van der Waals surface area contributed by atoms with Crippen molar-refractivity contribution in [2.45, 2.75) is 26.7 Å². The molecule has 0 unspecified atom stereocenters. The van der Waals surface area contributed by atoms with E-state index in [1.54, 1.807) is 11.3 Å². The quantitative estimate of drug-likeness (QED) is 0.753. The fourth-order valence-corrected chi connectivity index (χ4v) is 2.93. The number of hydrogen-bond acceptors (Lipinski definition) is 4. The molecule has 0 atom stereocenters. The first-order valence-corrected chi connectivity index (χ1v) is 8.42. The summed E-state index contributed by atoms with van der Waals surface area (Å²) in [6.07, 6.45) is 1.19. The van der Waals surface area contributed by atoms with E-state index in [1.807, 2.05) is 48.7 Å². The average Bonchev–Trinajstić information content (AvgIpc) is 3.18. The Morgan fingerprint density at radius 1 is 1.26 bits per heavy atom. The Morgan fingerprint density at radius 2 is 2.04 bits per heavy atom. The highest BCUT2D eigenvalue weighted by atomic mass is 32.1. The molecule has 0 radical (unpaired) electrons. The molecule has 118 valence electrons. The van der Waals surface area contributed by atoms with Crippen LogP contribution in [0.1, 0.15) is 23.9 Å². The van der Waals surface area contributed by atoms with Crippen molar-refractivity contribution in [1.29, 1.82) is 0 Å². The van der Waals surface area contributed by atoms with Crippen LogP contribution in [0.2, 0.25) is 0 Å². The molecule has 0 saturated heterocycles. The Kier molecular flexibility index (Phi) is 4.57. The van der Waals surface area contributed by atoms with Crippen molar-refractivity contribution in [2.75, 3.05) is 5.32 Å². The topological polar surface area (TPSA) is 55.1 Å². The van der Waals surface area contributed by atoms with Gasteiger partial charge in [-0.15, -0.1) is 11.3 Å². The lowest BCUT2D eigenvalue weighted by atomic mass is 10.1. The predicted molar refractivity (Wildman–Crippen MR) is 92.7 cm³/mol. The predicted octanol–water partition coefficient (Wildman–Crippen LogP) is 4.46. The van der Waals surface area contributed by atoms with Crippen molar-refractivity contribution < 1.29 is 9.21 Å². The van der Waals surface area contributed by atoms with E-state index in [0.29, 0.717) is 17.3 Å². The van der Waals surface area contributed by atoms with Gasteiger partial charge >= 0.3 is 0 Å². The van der Waals surface area contributed by atoms with Gasteiger partial charge in [-0.25, -0.2) is 4.98 Å². The summed E-state index contributed by atoms with van der Waals surface area (Å²) in [4.78, 5) is 17.6. The van der Waals surface area contributed by atoms with Crippen LogP contribution in [0.15, 0.2) is 46.2 Å². The highest BCUT2D eigenvalue weighted by Gasteiger charge is 2.15. The Balaban J connectivity index is 1.67. The molecule has 0 saturated carbocycles. The van der Waals surface area contributed by atoms with Crippen molar-refractivity contribution in [1.82, 2.24) is 4.98 Å². The second-order valence-electron chi connectivity index (χ2n) is 5.27. The monoisotopic (exact) mass is 326 g/mol. The molecule has 23 heavy (non-hydrogen) atoms. The number of rotatable bonds is 5. The van der Waals surface area contributed by atoms with Crippen LogP contribution in [0.3, 0.4) is 0 Å². The molecule has 1 aromatic carbocycles. The minimum atomic E-state index is -0.0941. The number of hydrogen-bond donors (Lipinski definition) is 1. The fraction of sp³-hybridized carbons (Fsp3) is 0.222. The molecule has 4 nitrogen and oxygen atoms in total. The Labute approximate surface area is 139 Å². The van der Waals surface area contributed by atoms with Crippen LogP contribution in [0.25, 0.3) is 10.8 Å². The lowest BCUT2D eigenvalue weighted by Gasteiger charge is -2.05. The molecule has 3 rings (SSSR count). The number of oxazole rings is 1. The van der Waals surface area contributed by atoms with Crippen LogP contribution >= 0.6 is 11.3 Å². The van der Waals surface area contributed by atoms with Crippen molar-refractivity contribution in [3.05, 3.63) is 58.8 Å². The van der Waals surface area contributed by atoms with E-state index in [2.05, 4.69) is 17.2 Å². The van der Waals surface area contributed by atoms with E-state index in [-0.39, 0.29) is 12.3 Å². The number of anilines is 1. The largest absolute Gasteiger partial charge is 0.440 e. The minimum absolute atomic E-state index is 0.0941. The first-order chi connectivity index (χ1) is 11.2. The van der Waals surface area contributed by atoms with Gasteiger partial charge in [-0.1, -0.05) is 25.1 Å². The van der Waals surface area contributed by atoms with Crippen LogP contribution in [0.4, 0.5) is 5.69 Å². The van der Waals surface area contributed by atoms with Gasteiger partial charge in [-0.05, 0) is 42.5 Å². The molecule has 1 N–H and O–H groups in total. The number of aryl methyl sites for hydroxylation is 2. The Morgan fingerprint density at radius 3 is 2.70 bits per heavy atom. The molecular formula is C18H18N2O2S. The average molecular weight is 326 g/mol. The molecule has 0 aliphatic rings. The fourth-order valence-electron chi connectivity index (χ4n) is 2.28. The number of carbonyl (C=O) groups is 1. The van der Waals surface area contributed by atoms with Gasteiger partial charge in [0.15, 0.2) is 0 Å². The summed E-state index contributed by atoms with van der Waals surface area (Å²) in [6.45, 7) is 3.94. The first kappa shape index (κ1) is 15.5. The zero-order valence-electron chi connectivity index (χ0n) is 13.1. The van der Waals surface area contributed by atoms with Crippen molar-refractivity contribution >= 4 is 22.9 Å². The number of nitrogens with zero attached hydrogens (tertiary/aromatic N) is 1. The molecule has 0 bridgehead atoms. The molecule has 1 amide bonds. The van der Waals surface area contributed by atoms with Gasteiger partial charge in [0.25, 0.3) is 0 Å². The number of benzene rings is 1. The van der Waals surface area contributed by atoms with Crippen LogP contribution in [-0.2, 0) is 17.6 Å². The molecule has 0 fully saturated rings. The van der Waals surface area contributed by atoms with Crippen molar-refractivity contribution in [3.63, 3.8) is 0 Å². The summed E-state index contributed by atoms with van der Waals surface area (Å²) < 4.78 is 5.66. The van der Waals surface area contributed by atoms with Crippen LogP contribution in [-0.4, -0.2) is 10.9 Å².